The average Bonchev–Trinajstić information content (AvgIpc) is 2.80. The topological polar surface area (TPSA) is 37.3 Å². The van der Waals surface area contributed by atoms with Crippen molar-refractivity contribution in [1.82, 2.24) is 0 Å². The lowest BCUT2D eigenvalue weighted by molar-refractivity contribution is -0.140. The Bertz CT molecular complexity index is 180. The molecule has 0 aliphatic heterocycles. The molecule has 0 bridgehead atoms. The zero-order valence-electron chi connectivity index (χ0n) is 7.49. The number of aliphatic carboxylic acids is 1. The van der Waals surface area contributed by atoms with Gasteiger partial charge in [-0.15, -0.1) is 0 Å². The molecule has 2 nitrogen and oxygen atoms in total. The van der Waals surface area contributed by atoms with Crippen molar-refractivity contribution in [3.8, 4) is 0 Å². The summed E-state index contributed by atoms with van der Waals surface area (Å²) in [6.45, 7) is 2.02. The zero-order chi connectivity index (χ0) is 8.97. The Morgan fingerprint density at radius 3 is 2.75 bits per heavy atom. The molecule has 0 amide bonds. The molecule has 1 fully saturated rings. The molecule has 0 heterocycles. The van der Waals surface area contributed by atoms with Crippen LogP contribution in [0.1, 0.15) is 32.6 Å². The third-order valence-corrected chi connectivity index (χ3v) is 2.21. The van der Waals surface area contributed by atoms with Gasteiger partial charge in [0, 0.05) is 0 Å². The largest absolute Gasteiger partial charge is 0.481 e. The summed E-state index contributed by atoms with van der Waals surface area (Å²) in [6, 6.07) is 0. The fourth-order valence-electron chi connectivity index (χ4n) is 1.27. The predicted octanol–water partition coefficient (Wildman–Crippen LogP) is 2.45. The molecular formula is C10H16O2. The van der Waals surface area contributed by atoms with E-state index in [2.05, 4.69) is 0 Å². The third kappa shape index (κ3) is 3.07. The van der Waals surface area contributed by atoms with Crippen molar-refractivity contribution in [3.63, 3.8) is 0 Å². The van der Waals surface area contributed by atoms with Gasteiger partial charge in [0.2, 0.25) is 0 Å². The van der Waals surface area contributed by atoms with E-state index in [0.717, 1.165) is 12.8 Å². The lowest BCUT2D eigenvalue weighted by Gasteiger charge is -2.04. The molecule has 0 aromatic rings. The van der Waals surface area contributed by atoms with Crippen molar-refractivity contribution < 1.29 is 9.90 Å². The van der Waals surface area contributed by atoms with Crippen LogP contribution in [0.2, 0.25) is 0 Å². The van der Waals surface area contributed by atoms with Gasteiger partial charge >= 0.3 is 5.97 Å². The number of carboxylic acids is 1. The first kappa shape index (κ1) is 9.30. The molecule has 68 valence electrons. The Balaban J connectivity index is 2.36. The second-order valence-electron chi connectivity index (χ2n) is 3.46. The number of hydrogen-bond donors (Lipinski definition) is 1. The van der Waals surface area contributed by atoms with Crippen LogP contribution in [0.4, 0.5) is 0 Å². The Morgan fingerprint density at radius 1 is 1.67 bits per heavy atom. The standard InChI is InChI=1S/C10H16O2/c1-2-3-4-9(10(11)12)7-8-5-6-8/h3-4,8-9H,2,5-7H2,1H3,(H,11,12)/b4-3-. The number of hydrogen-bond acceptors (Lipinski definition) is 1. The first-order valence-electron chi connectivity index (χ1n) is 4.63. The van der Waals surface area contributed by atoms with Gasteiger partial charge in [-0.3, -0.25) is 4.79 Å². The van der Waals surface area contributed by atoms with E-state index < -0.39 is 5.97 Å². The third-order valence-electron chi connectivity index (χ3n) is 2.21. The molecule has 1 aliphatic rings. The van der Waals surface area contributed by atoms with E-state index in [1.807, 2.05) is 19.1 Å². The summed E-state index contributed by atoms with van der Waals surface area (Å²) in [4.78, 5) is 10.7. The first-order chi connectivity index (χ1) is 5.74. The molecule has 1 unspecified atom stereocenters. The maximum Gasteiger partial charge on any atom is 0.310 e. The van der Waals surface area contributed by atoms with Crippen molar-refractivity contribution in [2.45, 2.75) is 32.6 Å². The van der Waals surface area contributed by atoms with E-state index in [1.54, 1.807) is 0 Å². The normalized spacial score (nSPS) is 19.8. The molecule has 1 saturated carbocycles. The van der Waals surface area contributed by atoms with Gasteiger partial charge in [-0.05, 0) is 18.8 Å². The second-order valence-corrected chi connectivity index (χ2v) is 3.46. The van der Waals surface area contributed by atoms with Gasteiger partial charge in [0.15, 0.2) is 0 Å². The molecule has 0 aromatic heterocycles. The van der Waals surface area contributed by atoms with Gasteiger partial charge in [0.25, 0.3) is 0 Å². The molecular weight excluding hydrogens is 152 g/mol. The van der Waals surface area contributed by atoms with Gasteiger partial charge in [-0.25, -0.2) is 0 Å². The Hall–Kier alpha value is -0.790. The molecule has 0 aromatic carbocycles. The van der Waals surface area contributed by atoms with Crippen molar-refractivity contribution >= 4 is 5.97 Å². The van der Waals surface area contributed by atoms with Gasteiger partial charge in [-0.1, -0.05) is 31.9 Å². The molecule has 0 spiro atoms. The van der Waals surface area contributed by atoms with Crippen molar-refractivity contribution in [2.75, 3.05) is 0 Å². The van der Waals surface area contributed by atoms with E-state index >= 15 is 0 Å². The van der Waals surface area contributed by atoms with Crippen molar-refractivity contribution in [2.24, 2.45) is 11.8 Å². The van der Waals surface area contributed by atoms with Gasteiger partial charge in [0.1, 0.15) is 0 Å². The maximum atomic E-state index is 10.7. The summed E-state index contributed by atoms with van der Waals surface area (Å²) >= 11 is 0. The van der Waals surface area contributed by atoms with E-state index in [0.29, 0.717) is 5.92 Å². The minimum atomic E-state index is -0.674. The fraction of sp³-hybridized carbons (Fsp3) is 0.700. The second kappa shape index (κ2) is 4.29. The summed E-state index contributed by atoms with van der Waals surface area (Å²) in [5.74, 6) is -0.225. The number of carbonyl (C=O) groups is 1. The van der Waals surface area contributed by atoms with Crippen LogP contribution in [0, 0.1) is 11.8 Å². The van der Waals surface area contributed by atoms with Crippen LogP contribution >= 0.6 is 0 Å². The summed E-state index contributed by atoms with van der Waals surface area (Å²) in [7, 11) is 0. The van der Waals surface area contributed by atoms with Crippen LogP contribution in [0.25, 0.3) is 0 Å². The summed E-state index contributed by atoms with van der Waals surface area (Å²) in [5, 5.41) is 8.83. The molecule has 1 rings (SSSR count). The van der Waals surface area contributed by atoms with Crippen LogP contribution in [0.5, 0.6) is 0 Å². The summed E-state index contributed by atoms with van der Waals surface area (Å²) in [6.07, 6.45) is 8.00. The molecule has 1 N–H and O–H groups in total. The lowest BCUT2D eigenvalue weighted by atomic mass is 10.0. The van der Waals surface area contributed by atoms with Gasteiger partial charge in [-0.2, -0.15) is 0 Å². The SMILES string of the molecule is CC/C=C\C(CC1CC1)C(=O)O. The van der Waals surface area contributed by atoms with E-state index in [-0.39, 0.29) is 5.92 Å². The molecule has 2 heteroatoms. The lowest BCUT2D eigenvalue weighted by Crippen LogP contribution is -2.11. The van der Waals surface area contributed by atoms with Crippen LogP contribution in [0.15, 0.2) is 12.2 Å². The highest BCUT2D eigenvalue weighted by molar-refractivity contribution is 5.72. The molecule has 0 radical (unpaired) electrons. The molecule has 1 aliphatic carbocycles. The fourth-order valence-corrected chi connectivity index (χ4v) is 1.27. The zero-order valence-corrected chi connectivity index (χ0v) is 7.49. The molecule has 0 saturated heterocycles. The van der Waals surface area contributed by atoms with Gasteiger partial charge < -0.3 is 5.11 Å². The van der Waals surface area contributed by atoms with Gasteiger partial charge in [0.05, 0.1) is 5.92 Å². The minimum absolute atomic E-state index is 0.238. The van der Waals surface area contributed by atoms with Crippen molar-refractivity contribution in [1.29, 1.82) is 0 Å². The summed E-state index contributed by atoms with van der Waals surface area (Å²) < 4.78 is 0. The van der Waals surface area contributed by atoms with Crippen LogP contribution < -0.4 is 0 Å². The Labute approximate surface area is 73.3 Å². The Morgan fingerprint density at radius 2 is 2.33 bits per heavy atom. The number of allylic oxidation sites excluding steroid dienone is 1. The average molecular weight is 168 g/mol. The van der Waals surface area contributed by atoms with E-state index in [9.17, 15) is 4.79 Å². The monoisotopic (exact) mass is 168 g/mol. The van der Waals surface area contributed by atoms with Crippen LogP contribution in [-0.4, -0.2) is 11.1 Å². The highest BCUT2D eigenvalue weighted by Gasteiger charge is 2.27. The highest BCUT2D eigenvalue weighted by Crippen LogP contribution is 2.35. The minimum Gasteiger partial charge on any atom is -0.481 e. The summed E-state index contributed by atoms with van der Waals surface area (Å²) in [5.41, 5.74) is 0. The van der Waals surface area contributed by atoms with Crippen LogP contribution in [0.3, 0.4) is 0 Å². The van der Waals surface area contributed by atoms with Crippen molar-refractivity contribution in [3.05, 3.63) is 12.2 Å². The van der Waals surface area contributed by atoms with E-state index in [4.69, 9.17) is 5.11 Å². The quantitative estimate of drug-likeness (QED) is 0.640. The number of rotatable bonds is 5. The smallest absolute Gasteiger partial charge is 0.310 e. The van der Waals surface area contributed by atoms with E-state index in [1.165, 1.54) is 12.8 Å². The molecule has 12 heavy (non-hydrogen) atoms. The Kier molecular flexibility index (Phi) is 3.32. The molecule has 1 atom stereocenters. The first-order valence-corrected chi connectivity index (χ1v) is 4.63. The predicted molar refractivity (Wildman–Crippen MR) is 47.9 cm³/mol. The number of carboxylic acid groups (broad SMARTS) is 1. The maximum absolute atomic E-state index is 10.7. The van der Waals surface area contributed by atoms with Crippen LogP contribution in [-0.2, 0) is 4.79 Å². The highest BCUT2D eigenvalue weighted by atomic mass is 16.4.